The predicted octanol–water partition coefficient (Wildman–Crippen LogP) is 1.58. The number of carbonyl (C=O) groups excluding carboxylic acids is 1. The Labute approximate surface area is 124 Å². The normalized spacial score (nSPS) is 19.0. The van der Waals surface area contributed by atoms with Gasteiger partial charge in [-0.25, -0.2) is 4.68 Å². The Bertz CT molecular complexity index is 608. The van der Waals surface area contributed by atoms with Crippen molar-refractivity contribution >= 4 is 5.91 Å². The number of hydrogen-bond acceptors (Lipinski definition) is 3. The Morgan fingerprint density at radius 1 is 1.29 bits per heavy atom. The maximum Gasteiger partial charge on any atom is 0.222 e. The van der Waals surface area contributed by atoms with Crippen LogP contribution in [-0.2, 0) is 11.3 Å². The molecule has 1 saturated heterocycles. The maximum atomic E-state index is 11.5. The molecule has 1 aliphatic rings. The van der Waals surface area contributed by atoms with Crippen molar-refractivity contribution in [1.82, 2.24) is 20.0 Å². The first-order chi connectivity index (χ1) is 10.2. The molecule has 3 rings (SSSR count). The summed E-state index contributed by atoms with van der Waals surface area (Å²) in [6.45, 7) is 1.50. The van der Waals surface area contributed by atoms with Crippen molar-refractivity contribution < 1.29 is 4.79 Å². The average Bonchev–Trinajstić information content (AvgIpc) is 2.98. The molecule has 0 spiro atoms. The van der Waals surface area contributed by atoms with E-state index in [1.165, 1.54) is 0 Å². The van der Waals surface area contributed by atoms with Gasteiger partial charge in [-0.05, 0) is 24.6 Å². The lowest BCUT2D eigenvalue weighted by Crippen LogP contribution is -2.46. The number of aromatic nitrogens is 2. The lowest BCUT2D eigenvalue weighted by molar-refractivity contribution is -0.132. The van der Waals surface area contributed by atoms with E-state index in [-0.39, 0.29) is 5.91 Å². The molecule has 0 aliphatic carbocycles. The minimum atomic E-state index is 0.237. The molecule has 5 heteroatoms. The Hall–Kier alpha value is -2.14. The lowest BCUT2D eigenvalue weighted by Gasteiger charge is -2.30. The zero-order valence-corrected chi connectivity index (χ0v) is 12.2. The molecule has 0 saturated carbocycles. The van der Waals surface area contributed by atoms with Gasteiger partial charge >= 0.3 is 0 Å². The molecule has 1 atom stereocenters. The topological polar surface area (TPSA) is 50.2 Å². The highest BCUT2D eigenvalue weighted by Gasteiger charge is 2.22. The van der Waals surface area contributed by atoms with E-state index in [0.717, 1.165) is 30.9 Å². The summed E-state index contributed by atoms with van der Waals surface area (Å²) in [5, 5.41) is 8.06. The minimum absolute atomic E-state index is 0.237. The fourth-order valence-electron chi connectivity index (χ4n) is 2.61. The number of amides is 1. The summed E-state index contributed by atoms with van der Waals surface area (Å²) >= 11 is 0. The highest BCUT2D eigenvalue weighted by Crippen LogP contribution is 2.11. The van der Waals surface area contributed by atoms with E-state index in [1.807, 2.05) is 54.3 Å². The standard InChI is InChI=1S/C16H20N4O/c1-19-12-14(7-8-16(19)21)17-11-13-9-10-20(18-13)15-5-3-2-4-6-15/h2-6,9-10,14,17H,7-8,11-12H2,1H3. The zero-order chi connectivity index (χ0) is 14.7. The third-order valence-corrected chi connectivity index (χ3v) is 3.86. The third kappa shape index (κ3) is 3.31. The molecule has 5 nitrogen and oxygen atoms in total. The van der Waals surface area contributed by atoms with Crippen LogP contribution in [0, 0.1) is 0 Å². The Kier molecular flexibility index (Phi) is 4.01. The van der Waals surface area contributed by atoms with Gasteiger partial charge in [0.1, 0.15) is 0 Å². The van der Waals surface area contributed by atoms with E-state index in [0.29, 0.717) is 12.5 Å². The minimum Gasteiger partial charge on any atom is -0.344 e. The van der Waals surface area contributed by atoms with Gasteiger partial charge in [-0.1, -0.05) is 18.2 Å². The zero-order valence-electron chi connectivity index (χ0n) is 12.2. The van der Waals surface area contributed by atoms with E-state index in [9.17, 15) is 4.79 Å². The van der Waals surface area contributed by atoms with Crippen LogP contribution in [-0.4, -0.2) is 40.2 Å². The molecule has 1 aliphatic heterocycles. The van der Waals surface area contributed by atoms with Crippen molar-refractivity contribution in [3.8, 4) is 5.69 Å². The highest BCUT2D eigenvalue weighted by molar-refractivity contribution is 5.76. The molecule has 1 fully saturated rings. The van der Waals surface area contributed by atoms with Gasteiger partial charge in [0, 0.05) is 38.8 Å². The van der Waals surface area contributed by atoms with Crippen LogP contribution in [0.2, 0.25) is 0 Å². The van der Waals surface area contributed by atoms with E-state index in [2.05, 4.69) is 10.4 Å². The first-order valence-corrected chi connectivity index (χ1v) is 7.30. The molecule has 21 heavy (non-hydrogen) atoms. The number of rotatable bonds is 4. The Balaban J connectivity index is 1.57. The van der Waals surface area contributed by atoms with Gasteiger partial charge in [0.05, 0.1) is 11.4 Å². The first-order valence-electron chi connectivity index (χ1n) is 7.30. The summed E-state index contributed by atoms with van der Waals surface area (Å²) in [4.78, 5) is 13.3. The number of nitrogens with zero attached hydrogens (tertiary/aromatic N) is 3. The lowest BCUT2D eigenvalue weighted by atomic mass is 10.1. The Morgan fingerprint density at radius 3 is 2.86 bits per heavy atom. The molecule has 110 valence electrons. The summed E-state index contributed by atoms with van der Waals surface area (Å²) in [6.07, 6.45) is 3.51. The summed E-state index contributed by atoms with van der Waals surface area (Å²) in [7, 11) is 1.86. The van der Waals surface area contributed by atoms with Crippen molar-refractivity contribution in [2.75, 3.05) is 13.6 Å². The molecule has 1 aromatic heterocycles. The van der Waals surface area contributed by atoms with E-state index < -0.39 is 0 Å². The number of para-hydroxylation sites is 1. The van der Waals surface area contributed by atoms with Crippen LogP contribution in [0.15, 0.2) is 42.6 Å². The van der Waals surface area contributed by atoms with Gasteiger partial charge < -0.3 is 10.2 Å². The average molecular weight is 284 g/mol. The number of benzene rings is 1. The SMILES string of the molecule is CN1CC(NCc2ccn(-c3ccccc3)n2)CCC1=O. The molecule has 2 heterocycles. The molecule has 1 aromatic carbocycles. The van der Waals surface area contributed by atoms with Crippen LogP contribution < -0.4 is 5.32 Å². The number of carbonyl (C=O) groups is 1. The quantitative estimate of drug-likeness (QED) is 0.927. The number of hydrogen-bond donors (Lipinski definition) is 1. The Morgan fingerprint density at radius 2 is 2.10 bits per heavy atom. The second-order valence-corrected chi connectivity index (χ2v) is 5.48. The number of nitrogens with one attached hydrogen (secondary N) is 1. The second kappa shape index (κ2) is 6.10. The van der Waals surface area contributed by atoms with Gasteiger partial charge in [0.15, 0.2) is 0 Å². The molecule has 2 aromatic rings. The molecule has 1 amide bonds. The van der Waals surface area contributed by atoms with E-state index in [4.69, 9.17) is 0 Å². The fourth-order valence-corrected chi connectivity index (χ4v) is 2.61. The van der Waals surface area contributed by atoms with Gasteiger partial charge in [0.2, 0.25) is 5.91 Å². The van der Waals surface area contributed by atoms with Crippen LogP contribution >= 0.6 is 0 Å². The summed E-state index contributed by atoms with van der Waals surface area (Å²) in [5.41, 5.74) is 2.07. The second-order valence-electron chi connectivity index (χ2n) is 5.48. The van der Waals surface area contributed by atoms with Gasteiger partial charge in [-0.2, -0.15) is 5.10 Å². The summed E-state index contributed by atoms with van der Waals surface area (Å²) in [6, 6.07) is 12.5. The van der Waals surface area contributed by atoms with Crippen molar-refractivity contribution in [3.05, 3.63) is 48.3 Å². The van der Waals surface area contributed by atoms with Crippen LogP contribution in [0.1, 0.15) is 18.5 Å². The molecule has 1 N–H and O–H groups in total. The van der Waals surface area contributed by atoms with Crippen LogP contribution in [0.5, 0.6) is 0 Å². The van der Waals surface area contributed by atoms with Gasteiger partial charge in [-0.15, -0.1) is 0 Å². The molecule has 1 unspecified atom stereocenters. The molecular formula is C16H20N4O. The number of likely N-dealkylation sites (tertiary alicyclic amines) is 1. The monoisotopic (exact) mass is 284 g/mol. The van der Waals surface area contributed by atoms with Crippen molar-refractivity contribution in [2.45, 2.75) is 25.4 Å². The number of piperidine rings is 1. The van der Waals surface area contributed by atoms with Crippen molar-refractivity contribution in [1.29, 1.82) is 0 Å². The highest BCUT2D eigenvalue weighted by atomic mass is 16.2. The van der Waals surface area contributed by atoms with Gasteiger partial charge in [0.25, 0.3) is 0 Å². The third-order valence-electron chi connectivity index (χ3n) is 3.86. The predicted molar refractivity (Wildman–Crippen MR) is 81.1 cm³/mol. The van der Waals surface area contributed by atoms with Gasteiger partial charge in [-0.3, -0.25) is 4.79 Å². The van der Waals surface area contributed by atoms with Crippen LogP contribution in [0.25, 0.3) is 5.69 Å². The molecule has 0 radical (unpaired) electrons. The smallest absolute Gasteiger partial charge is 0.222 e. The summed E-state index contributed by atoms with van der Waals surface area (Å²) < 4.78 is 1.88. The van der Waals surface area contributed by atoms with Crippen molar-refractivity contribution in [2.24, 2.45) is 0 Å². The fraction of sp³-hybridized carbons (Fsp3) is 0.375. The molecular weight excluding hydrogens is 264 g/mol. The number of likely N-dealkylation sites (N-methyl/N-ethyl adjacent to an activating group) is 1. The maximum absolute atomic E-state index is 11.5. The first kappa shape index (κ1) is 13.8. The van der Waals surface area contributed by atoms with Crippen molar-refractivity contribution in [3.63, 3.8) is 0 Å². The van der Waals surface area contributed by atoms with Crippen LogP contribution in [0.3, 0.4) is 0 Å². The van der Waals surface area contributed by atoms with Crippen LogP contribution in [0.4, 0.5) is 0 Å². The largest absolute Gasteiger partial charge is 0.344 e. The van der Waals surface area contributed by atoms with E-state index >= 15 is 0 Å². The molecule has 0 bridgehead atoms. The summed E-state index contributed by atoms with van der Waals surface area (Å²) in [5.74, 6) is 0.237. The van der Waals surface area contributed by atoms with E-state index in [1.54, 1.807) is 4.90 Å².